The number of hydrogen-bond acceptors (Lipinski definition) is 7. The van der Waals surface area contributed by atoms with Crippen molar-refractivity contribution in [3.63, 3.8) is 0 Å². The Labute approximate surface area is 145 Å². The second-order valence-corrected chi connectivity index (χ2v) is 6.18. The van der Waals surface area contributed by atoms with Crippen molar-refractivity contribution in [2.75, 3.05) is 10.6 Å². The number of aliphatic hydroxyl groups is 1. The SMILES string of the molecule is CCc1nc(C(N)=O)c(Nc2ccn[nH]2)nc1NC1CCC(O)CC1. The van der Waals surface area contributed by atoms with Crippen molar-refractivity contribution in [1.29, 1.82) is 0 Å². The third-order valence-corrected chi connectivity index (χ3v) is 4.33. The molecule has 2 aromatic rings. The molecule has 0 spiro atoms. The molecule has 1 fully saturated rings. The number of anilines is 3. The second kappa shape index (κ2) is 7.47. The molecule has 1 aliphatic carbocycles. The zero-order chi connectivity index (χ0) is 17.8. The molecular weight excluding hydrogens is 322 g/mol. The molecule has 1 saturated carbocycles. The molecule has 134 valence electrons. The number of H-pyrrole nitrogens is 1. The third kappa shape index (κ3) is 4.05. The number of aliphatic hydroxyl groups excluding tert-OH is 1. The minimum atomic E-state index is -0.642. The number of nitrogens with two attached hydrogens (primary N) is 1. The molecular formula is C16H23N7O2. The molecule has 0 aromatic carbocycles. The summed E-state index contributed by atoms with van der Waals surface area (Å²) < 4.78 is 0. The van der Waals surface area contributed by atoms with Crippen LogP contribution in [0.1, 0.15) is 48.8 Å². The van der Waals surface area contributed by atoms with Crippen molar-refractivity contribution in [2.45, 2.75) is 51.2 Å². The van der Waals surface area contributed by atoms with E-state index in [0.29, 0.717) is 23.8 Å². The Morgan fingerprint density at radius 1 is 1.32 bits per heavy atom. The van der Waals surface area contributed by atoms with E-state index in [0.717, 1.165) is 25.7 Å². The van der Waals surface area contributed by atoms with Crippen LogP contribution in [-0.4, -0.2) is 43.3 Å². The fraction of sp³-hybridized carbons (Fsp3) is 0.500. The molecule has 0 atom stereocenters. The summed E-state index contributed by atoms with van der Waals surface area (Å²) in [4.78, 5) is 20.7. The summed E-state index contributed by atoms with van der Waals surface area (Å²) in [5, 5.41) is 22.7. The van der Waals surface area contributed by atoms with E-state index in [2.05, 4.69) is 30.8 Å². The quantitative estimate of drug-likeness (QED) is 0.531. The van der Waals surface area contributed by atoms with E-state index in [1.807, 2.05) is 6.92 Å². The van der Waals surface area contributed by atoms with Gasteiger partial charge in [-0.1, -0.05) is 6.92 Å². The minimum absolute atomic E-state index is 0.0936. The maximum atomic E-state index is 11.8. The van der Waals surface area contributed by atoms with Gasteiger partial charge in [0.2, 0.25) is 0 Å². The molecule has 9 heteroatoms. The smallest absolute Gasteiger partial charge is 0.271 e. The van der Waals surface area contributed by atoms with Crippen molar-refractivity contribution in [1.82, 2.24) is 20.2 Å². The first-order valence-electron chi connectivity index (χ1n) is 8.48. The summed E-state index contributed by atoms with van der Waals surface area (Å²) in [5.41, 5.74) is 6.24. The Bertz CT molecular complexity index is 724. The summed E-state index contributed by atoms with van der Waals surface area (Å²) in [6.45, 7) is 1.95. The van der Waals surface area contributed by atoms with Crippen LogP contribution in [0.3, 0.4) is 0 Å². The van der Waals surface area contributed by atoms with Crippen LogP contribution in [0.25, 0.3) is 0 Å². The lowest BCUT2D eigenvalue weighted by atomic mass is 9.93. The Morgan fingerprint density at radius 3 is 2.68 bits per heavy atom. The van der Waals surface area contributed by atoms with Crippen molar-refractivity contribution >= 4 is 23.4 Å². The molecule has 0 bridgehead atoms. The second-order valence-electron chi connectivity index (χ2n) is 6.18. The van der Waals surface area contributed by atoms with Crippen LogP contribution in [0.2, 0.25) is 0 Å². The van der Waals surface area contributed by atoms with Gasteiger partial charge >= 0.3 is 0 Å². The van der Waals surface area contributed by atoms with Gasteiger partial charge in [-0.3, -0.25) is 9.89 Å². The third-order valence-electron chi connectivity index (χ3n) is 4.33. The highest BCUT2D eigenvalue weighted by Crippen LogP contribution is 2.25. The van der Waals surface area contributed by atoms with E-state index in [1.165, 1.54) is 0 Å². The summed E-state index contributed by atoms with van der Waals surface area (Å²) in [6, 6.07) is 1.94. The summed E-state index contributed by atoms with van der Waals surface area (Å²) in [6.07, 6.45) is 5.27. The standard InChI is InChI=1S/C16H23N7O2/c1-2-11-15(19-9-3-5-10(24)6-4-9)22-16(13(20-11)14(17)25)21-12-7-8-18-23-12/h7-10,24H,2-6H2,1H3,(H2,17,25)(H3,18,19,21,22,23). The van der Waals surface area contributed by atoms with Crippen molar-refractivity contribution < 1.29 is 9.90 Å². The molecule has 6 N–H and O–H groups in total. The lowest BCUT2D eigenvalue weighted by molar-refractivity contribution is 0.0996. The number of aromatic nitrogens is 4. The Morgan fingerprint density at radius 2 is 2.08 bits per heavy atom. The fourth-order valence-electron chi connectivity index (χ4n) is 2.96. The monoisotopic (exact) mass is 345 g/mol. The number of aromatic amines is 1. The average molecular weight is 345 g/mol. The Hall–Kier alpha value is -2.68. The van der Waals surface area contributed by atoms with Crippen LogP contribution in [0.5, 0.6) is 0 Å². The first-order valence-corrected chi connectivity index (χ1v) is 8.48. The van der Waals surface area contributed by atoms with Crippen molar-refractivity contribution in [2.24, 2.45) is 5.73 Å². The van der Waals surface area contributed by atoms with Gasteiger partial charge in [0.25, 0.3) is 5.91 Å². The van der Waals surface area contributed by atoms with Crippen molar-refractivity contribution in [3.05, 3.63) is 23.7 Å². The zero-order valence-electron chi connectivity index (χ0n) is 14.1. The number of rotatable bonds is 6. The van der Waals surface area contributed by atoms with Crippen LogP contribution in [0, 0.1) is 0 Å². The van der Waals surface area contributed by atoms with Gasteiger partial charge in [-0.2, -0.15) is 5.10 Å². The lowest BCUT2D eigenvalue weighted by Gasteiger charge is -2.27. The largest absolute Gasteiger partial charge is 0.393 e. The number of carbonyl (C=O) groups is 1. The van der Waals surface area contributed by atoms with Gasteiger partial charge in [0.05, 0.1) is 18.0 Å². The molecule has 0 aliphatic heterocycles. The number of hydrogen-bond donors (Lipinski definition) is 5. The van der Waals surface area contributed by atoms with Crippen LogP contribution in [0.4, 0.5) is 17.5 Å². The normalized spacial score (nSPS) is 20.2. The van der Waals surface area contributed by atoms with Gasteiger partial charge in [0, 0.05) is 12.1 Å². The molecule has 25 heavy (non-hydrogen) atoms. The minimum Gasteiger partial charge on any atom is -0.393 e. The first-order chi connectivity index (χ1) is 12.1. The molecule has 3 rings (SSSR count). The van der Waals surface area contributed by atoms with Gasteiger partial charge < -0.3 is 21.5 Å². The zero-order valence-corrected chi connectivity index (χ0v) is 14.1. The molecule has 1 aliphatic rings. The maximum Gasteiger partial charge on any atom is 0.271 e. The number of primary amides is 1. The predicted octanol–water partition coefficient (Wildman–Crippen LogP) is 1.32. The molecule has 2 heterocycles. The Balaban J connectivity index is 1.89. The highest BCUT2D eigenvalue weighted by Gasteiger charge is 2.22. The fourth-order valence-corrected chi connectivity index (χ4v) is 2.96. The van der Waals surface area contributed by atoms with Gasteiger partial charge in [-0.05, 0) is 32.1 Å². The van der Waals surface area contributed by atoms with E-state index < -0.39 is 5.91 Å². The van der Waals surface area contributed by atoms with Gasteiger partial charge in [-0.25, -0.2) is 9.97 Å². The summed E-state index contributed by atoms with van der Waals surface area (Å²) in [5.74, 6) is 0.868. The number of nitrogens with one attached hydrogen (secondary N) is 3. The number of aryl methyl sites for hydroxylation is 1. The molecule has 0 saturated heterocycles. The van der Waals surface area contributed by atoms with Crippen LogP contribution in [-0.2, 0) is 6.42 Å². The molecule has 2 aromatic heterocycles. The predicted molar refractivity (Wildman–Crippen MR) is 93.7 cm³/mol. The molecule has 9 nitrogen and oxygen atoms in total. The van der Waals surface area contributed by atoms with E-state index in [4.69, 9.17) is 5.73 Å². The van der Waals surface area contributed by atoms with Crippen LogP contribution < -0.4 is 16.4 Å². The van der Waals surface area contributed by atoms with E-state index in [1.54, 1.807) is 12.3 Å². The van der Waals surface area contributed by atoms with Gasteiger partial charge in [-0.15, -0.1) is 0 Å². The van der Waals surface area contributed by atoms with Crippen LogP contribution in [0.15, 0.2) is 12.3 Å². The highest BCUT2D eigenvalue weighted by molar-refractivity contribution is 5.96. The van der Waals surface area contributed by atoms with E-state index in [-0.39, 0.29) is 23.7 Å². The van der Waals surface area contributed by atoms with E-state index in [9.17, 15) is 9.90 Å². The highest BCUT2D eigenvalue weighted by atomic mass is 16.3. The van der Waals surface area contributed by atoms with Gasteiger partial charge in [0.1, 0.15) is 5.82 Å². The molecule has 1 amide bonds. The topological polar surface area (TPSA) is 142 Å². The molecule has 0 unspecified atom stereocenters. The number of nitrogens with zero attached hydrogens (tertiary/aromatic N) is 3. The summed E-state index contributed by atoms with van der Waals surface area (Å²) in [7, 11) is 0. The first kappa shape index (κ1) is 17.2. The van der Waals surface area contributed by atoms with Crippen LogP contribution >= 0.6 is 0 Å². The lowest BCUT2D eigenvalue weighted by Crippen LogP contribution is -2.29. The molecule has 0 radical (unpaired) electrons. The summed E-state index contributed by atoms with van der Waals surface area (Å²) >= 11 is 0. The maximum absolute atomic E-state index is 11.8. The number of carbonyl (C=O) groups excluding carboxylic acids is 1. The van der Waals surface area contributed by atoms with Crippen molar-refractivity contribution in [3.8, 4) is 0 Å². The average Bonchev–Trinajstić information content (AvgIpc) is 3.10. The van der Waals surface area contributed by atoms with Gasteiger partial charge in [0.15, 0.2) is 17.3 Å². The number of amides is 1. The Kier molecular flexibility index (Phi) is 5.13. The van der Waals surface area contributed by atoms with E-state index >= 15 is 0 Å².